The Bertz CT molecular complexity index is 1210. The molecule has 4 rings (SSSR count). The van der Waals surface area contributed by atoms with Gasteiger partial charge < -0.3 is 14.1 Å². The number of aryl methyl sites for hydroxylation is 1. The molecular weight excluding hydrogens is 406 g/mol. The number of aromatic nitrogens is 4. The van der Waals surface area contributed by atoms with Crippen LogP contribution in [0.25, 0.3) is 34.3 Å². The molecule has 0 aliphatic rings. The summed E-state index contributed by atoms with van der Waals surface area (Å²) in [4.78, 5) is 23.3. The topological polar surface area (TPSA) is 94.2 Å². The lowest BCUT2D eigenvalue weighted by Gasteiger charge is -2.16. The molecule has 0 saturated carbocycles. The first-order valence-corrected chi connectivity index (χ1v) is 10.1. The Labute approximate surface area is 185 Å². The van der Waals surface area contributed by atoms with Gasteiger partial charge in [0.15, 0.2) is 0 Å². The number of carbonyl (C=O) groups excluding carboxylic acids is 1. The average Bonchev–Trinajstić information content (AvgIpc) is 3.33. The summed E-state index contributed by atoms with van der Waals surface area (Å²) in [5.41, 5.74) is 4.12. The zero-order valence-electron chi connectivity index (χ0n) is 18.1. The second-order valence-corrected chi connectivity index (χ2v) is 7.26. The van der Waals surface area contributed by atoms with Gasteiger partial charge in [-0.2, -0.15) is 0 Å². The lowest BCUT2D eigenvalue weighted by atomic mass is 10.1. The highest BCUT2D eigenvalue weighted by molar-refractivity contribution is 5.94. The van der Waals surface area contributed by atoms with Gasteiger partial charge in [-0.3, -0.25) is 9.78 Å². The summed E-state index contributed by atoms with van der Waals surface area (Å²) in [6.07, 6.45) is 1.69. The Hall–Kier alpha value is -3.91. The van der Waals surface area contributed by atoms with Crippen molar-refractivity contribution < 1.29 is 13.9 Å². The van der Waals surface area contributed by atoms with Crippen molar-refractivity contribution in [1.82, 2.24) is 25.1 Å². The van der Waals surface area contributed by atoms with E-state index >= 15 is 0 Å². The molecule has 32 heavy (non-hydrogen) atoms. The molecule has 8 heteroatoms. The van der Waals surface area contributed by atoms with E-state index in [1.807, 2.05) is 49.4 Å². The summed E-state index contributed by atoms with van der Waals surface area (Å²) in [6, 6.07) is 16.8. The standard InChI is InChI=1S/C24H23N5O3/c1-16-21(23-28-27-22(32-23)18-7-5-4-6-8-18)26-20(15-25-16)17-9-11-19(12-10-17)24(30)29(2)13-14-31-3/h4-12,15H,13-14H2,1-3H3. The number of carbonyl (C=O) groups is 1. The maximum atomic E-state index is 12.5. The van der Waals surface area contributed by atoms with Crippen LogP contribution in [0, 0.1) is 6.92 Å². The van der Waals surface area contributed by atoms with Crippen LogP contribution in [0.1, 0.15) is 16.1 Å². The van der Waals surface area contributed by atoms with E-state index in [4.69, 9.17) is 14.1 Å². The molecule has 2 aromatic heterocycles. The molecular formula is C24H23N5O3. The fraction of sp³-hybridized carbons (Fsp3) is 0.208. The number of ether oxygens (including phenoxy) is 1. The zero-order chi connectivity index (χ0) is 22.5. The van der Waals surface area contributed by atoms with E-state index in [-0.39, 0.29) is 5.91 Å². The van der Waals surface area contributed by atoms with E-state index in [2.05, 4.69) is 15.2 Å². The van der Waals surface area contributed by atoms with Crippen LogP contribution in [0.3, 0.4) is 0 Å². The lowest BCUT2D eigenvalue weighted by molar-refractivity contribution is 0.0744. The Morgan fingerprint density at radius 3 is 2.44 bits per heavy atom. The van der Waals surface area contributed by atoms with Gasteiger partial charge in [-0.05, 0) is 31.2 Å². The van der Waals surface area contributed by atoms with Gasteiger partial charge in [-0.1, -0.05) is 30.3 Å². The minimum Gasteiger partial charge on any atom is -0.415 e. The van der Waals surface area contributed by atoms with Crippen molar-refractivity contribution in [3.8, 4) is 34.3 Å². The number of rotatable bonds is 7. The molecule has 0 aliphatic heterocycles. The molecule has 2 heterocycles. The number of nitrogens with zero attached hydrogens (tertiary/aromatic N) is 5. The van der Waals surface area contributed by atoms with E-state index in [0.717, 1.165) is 11.1 Å². The summed E-state index contributed by atoms with van der Waals surface area (Å²) < 4.78 is 10.9. The molecule has 4 aromatic rings. The molecule has 0 aliphatic carbocycles. The minimum atomic E-state index is -0.0661. The molecule has 0 N–H and O–H groups in total. The maximum absolute atomic E-state index is 12.5. The van der Waals surface area contributed by atoms with Crippen LogP contribution in [-0.4, -0.2) is 58.3 Å². The van der Waals surface area contributed by atoms with Crippen molar-refractivity contribution in [2.45, 2.75) is 6.92 Å². The molecule has 0 radical (unpaired) electrons. The quantitative estimate of drug-likeness (QED) is 0.440. The van der Waals surface area contributed by atoms with E-state index < -0.39 is 0 Å². The van der Waals surface area contributed by atoms with Crippen molar-refractivity contribution in [3.63, 3.8) is 0 Å². The highest BCUT2D eigenvalue weighted by atomic mass is 16.5. The number of amides is 1. The number of methoxy groups -OCH3 is 1. The van der Waals surface area contributed by atoms with Crippen molar-refractivity contribution in [2.75, 3.05) is 27.3 Å². The van der Waals surface area contributed by atoms with Crippen LogP contribution in [0.4, 0.5) is 0 Å². The summed E-state index contributed by atoms with van der Waals surface area (Å²) in [5.74, 6) is 0.665. The van der Waals surface area contributed by atoms with Crippen molar-refractivity contribution in [2.24, 2.45) is 0 Å². The third-order valence-electron chi connectivity index (χ3n) is 5.01. The van der Waals surface area contributed by atoms with Gasteiger partial charge in [0, 0.05) is 37.4 Å². The Kier molecular flexibility index (Phi) is 6.32. The van der Waals surface area contributed by atoms with Crippen molar-refractivity contribution >= 4 is 5.91 Å². The largest absolute Gasteiger partial charge is 0.415 e. The van der Waals surface area contributed by atoms with E-state index in [0.29, 0.717) is 47.6 Å². The van der Waals surface area contributed by atoms with Crippen molar-refractivity contribution in [3.05, 3.63) is 72.1 Å². The SMILES string of the molecule is COCCN(C)C(=O)c1ccc(-c2cnc(C)c(-c3nnc(-c4ccccc4)o3)n2)cc1. The fourth-order valence-electron chi connectivity index (χ4n) is 3.14. The molecule has 8 nitrogen and oxygen atoms in total. The Morgan fingerprint density at radius 2 is 1.72 bits per heavy atom. The molecule has 0 spiro atoms. The van der Waals surface area contributed by atoms with Gasteiger partial charge in [0.2, 0.25) is 5.89 Å². The molecule has 0 bridgehead atoms. The maximum Gasteiger partial charge on any atom is 0.268 e. The third kappa shape index (κ3) is 4.55. The monoisotopic (exact) mass is 429 g/mol. The first-order valence-electron chi connectivity index (χ1n) is 10.1. The molecule has 0 saturated heterocycles. The number of likely N-dealkylation sites (N-methyl/N-ethyl adjacent to an activating group) is 1. The molecule has 162 valence electrons. The van der Waals surface area contributed by atoms with Crippen LogP contribution >= 0.6 is 0 Å². The number of benzene rings is 2. The lowest BCUT2D eigenvalue weighted by Crippen LogP contribution is -2.29. The van der Waals surface area contributed by atoms with E-state index in [1.54, 1.807) is 37.4 Å². The normalized spacial score (nSPS) is 10.8. The summed E-state index contributed by atoms with van der Waals surface area (Å²) in [6.45, 7) is 2.86. The van der Waals surface area contributed by atoms with E-state index in [9.17, 15) is 4.79 Å². The molecule has 0 fully saturated rings. The number of hydrogen-bond acceptors (Lipinski definition) is 7. The summed E-state index contributed by atoms with van der Waals surface area (Å²) in [5, 5.41) is 8.30. The second kappa shape index (κ2) is 9.49. The zero-order valence-corrected chi connectivity index (χ0v) is 18.1. The minimum absolute atomic E-state index is 0.0661. The third-order valence-corrected chi connectivity index (χ3v) is 5.01. The van der Waals surface area contributed by atoms with Crippen LogP contribution < -0.4 is 0 Å². The van der Waals surface area contributed by atoms with Crippen LogP contribution in [-0.2, 0) is 4.74 Å². The first-order chi connectivity index (χ1) is 15.6. The highest BCUT2D eigenvalue weighted by Gasteiger charge is 2.17. The predicted octanol–water partition coefficient (Wildman–Crippen LogP) is 3.89. The first kappa shape index (κ1) is 21.3. The number of hydrogen-bond donors (Lipinski definition) is 0. The fourth-order valence-corrected chi connectivity index (χ4v) is 3.14. The van der Waals surface area contributed by atoms with Crippen LogP contribution in [0.2, 0.25) is 0 Å². The van der Waals surface area contributed by atoms with Crippen molar-refractivity contribution in [1.29, 1.82) is 0 Å². The van der Waals surface area contributed by atoms with Gasteiger partial charge in [0.05, 0.1) is 24.2 Å². The van der Waals surface area contributed by atoms with Gasteiger partial charge in [0.1, 0.15) is 5.69 Å². The second-order valence-electron chi connectivity index (χ2n) is 7.26. The van der Waals surface area contributed by atoms with Gasteiger partial charge in [-0.25, -0.2) is 4.98 Å². The Morgan fingerprint density at radius 1 is 1.00 bits per heavy atom. The molecule has 1 amide bonds. The predicted molar refractivity (Wildman–Crippen MR) is 120 cm³/mol. The smallest absolute Gasteiger partial charge is 0.268 e. The highest BCUT2D eigenvalue weighted by Crippen LogP contribution is 2.26. The van der Waals surface area contributed by atoms with Crippen LogP contribution in [0.5, 0.6) is 0 Å². The summed E-state index contributed by atoms with van der Waals surface area (Å²) in [7, 11) is 3.36. The molecule has 0 unspecified atom stereocenters. The van der Waals surface area contributed by atoms with Crippen LogP contribution in [0.15, 0.2) is 65.2 Å². The average molecular weight is 429 g/mol. The van der Waals surface area contributed by atoms with E-state index in [1.165, 1.54) is 0 Å². The molecule has 0 atom stereocenters. The molecule has 2 aromatic carbocycles. The van der Waals surface area contributed by atoms with Gasteiger partial charge >= 0.3 is 0 Å². The van der Waals surface area contributed by atoms with Gasteiger partial charge in [-0.15, -0.1) is 10.2 Å². The summed E-state index contributed by atoms with van der Waals surface area (Å²) >= 11 is 0. The van der Waals surface area contributed by atoms with Gasteiger partial charge in [0.25, 0.3) is 11.8 Å². The Balaban J connectivity index is 1.58.